The average Bonchev–Trinajstić information content (AvgIpc) is 3.03. The van der Waals surface area contributed by atoms with Crippen molar-refractivity contribution in [2.45, 2.75) is 31.7 Å². The second kappa shape index (κ2) is 6.27. The molecule has 114 valence electrons. The topological polar surface area (TPSA) is 83.5 Å². The maximum absolute atomic E-state index is 12.2. The zero-order valence-corrected chi connectivity index (χ0v) is 14.0. The third-order valence-corrected chi connectivity index (χ3v) is 6.80. The fourth-order valence-corrected chi connectivity index (χ4v) is 5.21. The number of aromatic carboxylic acids is 1. The average molecular weight is 345 g/mol. The van der Waals surface area contributed by atoms with Gasteiger partial charge in [-0.3, -0.25) is 0 Å². The maximum Gasteiger partial charge on any atom is 0.345 e. The minimum absolute atomic E-state index is 0.0252. The molecule has 2 heterocycles. The van der Waals surface area contributed by atoms with E-state index in [1.807, 2.05) is 19.1 Å². The van der Waals surface area contributed by atoms with Crippen molar-refractivity contribution in [2.24, 2.45) is 0 Å². The van der Waals surface area contributed by atoms with Gasteiger partial charge >= 0.3 is 5.97 Å². The fraction of sp³-hybridized carbons (Fsp3) is 0.308. The first-order valence-electron chi connectivity index (χ1n) is 6.24. The summed E-state index contributed by atoms with van der Waals surface area (Å²) in [7, 11) is -3.70. The first-order valence-corrected chi connectivity index (χ1v) is 9.36. The minimum atomic E-state index is -3.70. The van der Waals surface area contributed by atoms with Crippen molar-refractivity contribution in [1.29, 1.82) is 0 Å². The fourth-order valence-electron chi connectivity index (χ4n) is 1.79. The van der Waals surface area contributed by atoms with Crippen molar-refractivity contribution in [3.05, 3.63) is 37.7 Å². The first kappa shape index (κ1) is 16.2. The van der Waals surface area contributed by atoms with Crippen LogP contribution in [-0.2, 0) is 23.0 Å². The number of carboxylic acid groups (broad SMARTS) is 1. The van der Waals surface area contributed by atoms with Gasteiger partial charge in [0, 0.05) is 21.2 Å². The molecule has 0 saturated carbocycles. The second-order valence-electron chi connectivity index (χ2n) is 4.38. The first-order chi connectivity index (χ1) is 9.83. The van der Waals surface area contributed by atoms with Crippen LogP contribution in [-0.4, -0.2) is 19.5 Å². The van der Waals surface area contributed by atoms with E-state index in [0.717, 1.165) is 22.6 Å². The van der Waals surface area contributed by atoms with Gasteiger partial charge in [-0.25, -0.2) is 17.9 Å². The van der Waals surface area contributed by atoms with Gasteiger partial charge in [0.1, 0.15) is 4.88 Å². The van der Waals surface area contributed by atoms with Gasteiger partial charge in [0.15, 0.2) is 0 Å². The van der Waals surface area contributed by atoms with Gasteiger partial charge in [0.05, 0.1) is 4.90 Å². The van der Waals surface area contributed by atoms with E-state index in [0.29, 0.717) is 4.88 Å². The van der Waals surface area contributed by atoms with Crippen LogP contribution in [0.25, 0.3) is 0 Å². The molecule has 2 N–H and O–H groups in total. The predicted molar refractivity (Wildman–Crippen MR) is 83.7 cm³/mol. The molecular formula is C13H15NO4S3. The standard InChI is InChI=1S/C13H15NO4S3/c1-3-9-4-5-10(20-9)7-14-21(17,18)12-6-11(13(15)16)19-8(12)2/h4-6,14H,3,7H2,1-2H3,(H,15,16). The summed E-state index contributed by atoms with van der Waals surface area (Å²) >= 11 is 2.53. The van der Waals surface area contributed by atoms with E-state index >= 15 is 0 Å². The van der Waals surface area contributed by atoms with E-state index in [2.05, 4.69) is 4.72 Å². The second-order valence-corrected chi connectivity index (χ2v) is 8.63. The smallest absolute Gasteiger partial charge is 0.345 e. The van der Waals surface area contributed by atoms with Crippen LogP contribution in [0.1, 0.15) is 31.2 Å². The van der Waals surface area contributed by atoms with E-state index in [9.17, 15) is 13.2 Å². The lowest BCUT2D eigenvalue weighted by molar-refractivity contribution is 0.0702. The number of nitrogens with one attached hydrogen (secondary N) is 1. The number of rotatable bonds is 6. The van der Waals surface area contributed by atoms with Gasteiger partial charge < -0.3 is 5.11 Å². The van der Waals surface area contributed by atoms with Crippen molar-refractivity contribution in [3.8, 4) is 0 Å². The third-order valence-electron chi connectivity index (χ3n) is 2.87. The molecule has 8 heteroatoms. The van der Waals surface area contributed by atoms with E-state index in [1.54, 1.807) is 18.3 Å². The normalized spacial score (nSPS) is 11.7. The number of sulfonamides is 1. The minimum Gasteiger partial charge on any atom is -0.477 e. The molecule has 21 heavy (non-hydrogen) atoms. The van der Waals surface area contributed by atoms with Crippen LogP contribution in [0.3, 0.4) is 0 Å². The van der Waals surface area contributed by atoms with Crippen molar-refractivity contribution < 1.29 is 18.3 Å². The van der Waals surface area contributed by atoms with Crippen molar-refractivity contribution in [2.75, 3.05) is 0 Å². The molecule has 0 aliphatic carbocycles. The van der Waals surface area contributed by atoms with E-state index < -0.39 is 16.0 Å². The number of hydrogen-bond donors (Lipinski definition) is 2. The summed E-state index contributed by atoms with van der Waals surface area (Å²) < 4.78 is 27.0. The Morgan fingerprint density at radius 1 is 1.29 bits per heavy atom. The lowest BCUT2D eigenvalue weighted by Crippen LogP contribution is -2.23. The highest BCUT2D eigenvalue weighted by molar-refractivity contribution is 7.89. The Balaban J connectivity index is 2.16. The van der Waals surface area contributed by atoms with E-state index in [4.69, 9.17) is 5.11 Å². The molecule has 2 aromatic rings. The Hall–Kier alpha value is -1.22. The molecule has 0 saturated heterocycles. The van der Waals surface area contributed by atoms with Crippen LogP contribution < -0.4 is 4.72 Å². The molecule has 0 aliphatic rings. The van der Waals surface area contributed by atoms with Crippen LogP contribution in [0, 0.1) is 6.92 Å². The summed E-state index contributed by atoms with van der Waals surface area (Å²) in [6, 6.07) is 5.08. The van der Waals surface area contributed by atoms with Crippen molar-refractivity contribution in [3.63, 3.8) is 0 Å². The largest absolute Gasteiger partial charge is 0.477 e. The van der Waals surface area contributed by atoms with E-state index in [-0.39, 0.29) is 16.3 Å². The zero-order valence-electron chi connectivity index (χ0n) is 11.5. The molecule has 0 amide bonds. The number of aryl methyl sites for hydroxylation is 2. The third kappa shape index (κ3) is 3.70. The summed E-state index contributed by atoms with van der Waals surface area (Å²) in [5.41, 5.74) is 0. The Kier molecular flexibility index (Phi) is 4.82. The van der Waals surface area contributed by atoms with Gasteiger partial charge in [-0.05, 0) is 31.5 Å². The van der Waals surface area contributed by atoms with Gasteiger partial charge in [-0.15, -0.1) is 22.7 Å². The van der Waals surface area contributed by atoms with Crippen LogP contribution in [0.5, 0.6) is 0 Å². The Morgan fingerprint density at radius 3 is 2.48 bits per heavy atom. The quantitative estimate of drug-likeness (QED) is 0.843. The summed E-state index contributed by atoms with van der Waals surface area (Å²) in [6.45, 7) is 3.86. The van der Waals surface area contributed by atoms with Crippen LogP contribution in [0.4, 0.5) is 0 Å². The summed E-state index contributed by atoms with van der Waals surface area (Å²) in [5, 5.41) is 8.92. The molecule has 0 spiro atoms. The van der Waals surface area contributed by atoms with Crippen LogP contribution in [0.15, 0.2) is 23.1 Å². The van der Waals surface area contributed by atoms with Gasteiger partial charge in [0.2, 0.25) is 10.0 Å². The zero-order chi connectivity index (χ0) is 15.6. The highest BCUT2D eigenvalue weighted by Crippen LogP contribution is 2.26. The maximum atomic E-state index is 12.2. The molecule has 0 aliphatic heterocycles. The van der Waals surface area contributed by atoms with Crippen LogP contribution in [0.2, 0.25) is 0 Å². The molecule has 5 nitrogen and oxygen atoms in total. The highest BCUT2D eigenvalue weighted by Gasteiger charge is 2.22. The van der Waals surface area contributed by atoms with Gasteiger partial charge in [-0.2, -0.15) is 0 Å². The highest BCUT2D eigenvalue weighted by atomic mass is 32.2. The van der Waals surface area contributed by atoms with Crippen molar-refractivity contribution >= 4 is 38.7 Å². The van der Waals surface area contributed by atoms with Gasteiger partial charge in [-0.1, -0.05) is 6.92 Å². The molecule has 0 aromatic carbocycles. The molecule has 2 rings (SSSR count). The molecule has 0 fully saturated rings. The summed E-state index contributed by atoms with van der Waals surface area (Å²) in [4.78, 5) is 13.6. The van der Waals surface area contributed by atoms with Gasteiger partial charge in [0.25, 0.3) is 0 Å². The SMILES string of the molecule is CCc1ccc(CNS(=O)(=O)c2cc(C(=O)O)sc2C)s1. The molecule has 2 aromatic heterocycles. The molecule has 0 radical (unpaired) electrons. The van der Waals surface area contributed by atoms with E-state index in [1.165, 1.54) is 10.9 Å². The Morgan fingerprint density at radius 2 is 1.95 bits per heavy atom. The number of carboxylic acids is 1. The monoisotopic (exact) mass is 345 g/mol. The Bertz CT molecular complexity index is 758. The lowest BCUT2D eigenvalue weighted by atomic mass is 10.4. The molecule has 0 bridgehead atoms. The number of hydrogen-bond acceptors (Lipinski definition) is 5. The number of thiophene rings is 2. The number of carbonyl (C=O) groups is 1. The molecule has 0 atom stereocenters. The molecule has 0 unspecified atom stereocenters. The Labute approximate surface area is 131 Å². The van der Waals surface area contributed by atoms with Crippen molar-refractivity contribution in [1.82, 2.24) is 4.72 Å². The summed E-state index contributed by atoms with van der Waals surface area (Å²) in [6.07, 6.45) is 0.920. The predicted octanol–water partition coefficient (Wildman–Crippen LogP) is 2.86. The van der Waals surface area contributed by atoms with Crippen LogP contribution >= 0.6 is 22.7 Å². The molecular weight excluding hydrogens is 330 g/mol. The summed E-state index contributed by atoms with van der Waals surface area (Å²) in [5.74, 6) is -1.12. The lowest BCUT2D eigenvalue weighted by Gasteiger charge is -2.04.